The minimum atomic E-state index is -0.555. The second kappa shape index (κ2) is 8.51. The second-order valence-corrected chi connectivity index (χ2v) is 11.2. The van der Waals surface area contributed by atoms with E-state index >= 15 is 0 Å². The van der Waals surface area contributed by atoms with Gasteiger partial charge in [0.1, 0.15) is 0 Å². The molecule has 1 fully saturated rings. The Balaban J connectivity index is 1.21. The summed E-state index contributed by atoms with van der Waals surface area (Å²) in [6, 6.07) is 19.9. The van der Waals surface area contributed by atoms with Crippen LogP contribution in [0.5, 0.6) is 0 Å². The van der Waals surface area contributed by atoms with Gasteiger partial charge in [-0.25, -0.2) is 0 Å². The van der Waals surface area contributed by atoms with Crippen LogP contribution in [0.15, 0.2) is 54.6 Å². The van der Waals surface area contributed by atoms with E-state index in [-0.39, 0.29) is 11.9 Å². The Labute approximate surface area is 201 Å². The van der Waals surface area contributed by atoms with Crippen molar-refractivity contribution in [2.45, 2.75) is 70.9 Å². The molecule has 0 aromatic heterocycles. The first-order valence-electron chi connectivity index (χ1n) is 12.5. The fourth-order valence-corrected chi connectivity index (χ4v) is 6.15. The minimum absolute atomic E-state index is 0.156. The standard InChI is InChI=1S/C30H34NO3/c1-29(2)18-24(19-30(3,4)31(29)33)28(32)34-17-6-5-8-20-11-12-23-14-13-21-9-7-10-22-15-16-25(20)27(23)26(21)22/h7,9-16,24H,5-6,8,17-19H2,1-4H3. The van der Waals surface area contributed by atoms with E-state index in [1.807, 2.05) is 27.7 Å². The Morgan fingerprint density at radius 2 is 1.44 bits per heavy atom. The maximum atomic E-state index is 12.7. The van der Waals surface area contributed by atoms with Crippen LogP contribution in [-0.2, 0) is 21.2 Å². The summed E-state index contributed by atoms with van der Waals surface area (Å²) >= 11 is 0. The van der Waals surface area contributed by atoms with Gasteiger partial charge in [0.15, 0.2) is 0 Å². The minimum Gasteiger partial charge on any atom is -0.465 e. The van der Waals surface area contributed by atoms with Crippen molar-refractivity contribution in [3.05, 3.63) is 60.2 Å². The first-order valence-corrected chi connectivity index (χ1v) is 12.5. The third kappa shape index (κ3) is 4.03. The van der Waals surface area contributed by atoms with E-state index < -0.39 is 11.1 Å². The van der Waals surface area contributed by atoms with Crippen LogP contribution in [0.1, 0.15) is 58.9 Å². The summed E-state index contributed by atoms with van der Waals surface area (Å²) in [5.41, 5.74) is 0.240. The smallest absolute Gasteiger partial charge is 0.309 e. The fourth-order valence-electron chi connectivity index (χ4n) is 6.15. The first-order chi connectivity index (χ1) is 16.2. The molecular weight excluding hydrogens is 422 g/mol. The van der Waals surface area contributed by atoms with Crippen molar-refractivity contribution in [2.24, 2.45) is 5.92 Å². The van der Waals surface area contributed by atoms with Gasteiger partial charge in [-0.05, 0) is 97.7 Å². The highest BCUT2D eigenvalue weighted by Crippen LogP contribution is 2.41. The van der Waals surface area contributed by atoms with Gasteiger partial charge < -0.3 is 4.74 Å². The molecule has 1 saturated heterocycles. The average molecular weight is 457 g/mol. The molecule has 1 aliphatic rings. The van der Waals surface area contributed by atoms with Crippen molar-refractivity contribution in [3.63, 3.8) is 0 Å². The number of benzene rings is 4. The Bertz CT molecular complexity index is 1310. The number of hydrogen-bond acceptors (Lipinski definition) is 3. The van der Waals surface area contributed by atoms with E-state index in [0.717, 1.165) is 24.3 Å². The van der Waals surface area contributed by atoms with Crippen LogP contribution < -0.4 is 0 Å². The number of hydroxylamine groups is 2. The number of esters is 1. The van der Waals surface area contributed by atoms with Crippen LogP contribution in [0.25, 0.3) is 32.3 Å². The average Bonchev–Trinajstić information content (AvgIpc) is 2.80. The van der Waals surface area contributed by atoms with Crippen LogP contribution in [0.2, 0.25) is 0 Å². The number of unbranched alkanes of at least 4 members (excludes halogenated alkanes) is 1. The normalized spacial score (nSPS) is 18.7. The maximum absolute atomic E-state index is 12.7. The summed E-state index contributed by atoms with van der Waals surface area (Å²) in [4.78, 5) is 12.7. The van der Waals surface area contributed by atoms with Gasteiger partial charge in [0, 0.05) is 11.1 Å². The molecule has 0 amide bonds. The molecule has 0 spiro atoms. The molecule has 0 bridgehead atoms. The van der Waals surface area contributed by atoms with Crippen molar-refractivity contribution in [1.82, 2.24) is 5.06 Å². The van der Waals surface area contributed by atoms with E-state index in [2.05, 4.69) is 54.6 Å². The summed E-state index contributed by atoms with van der Waals surface area (Å²) in [5.74, 6) is -0.371. The third-order valence-electron chi connectivity index (χ3n) is 7.63. The van der Waals surface area contributed by atoms with E-state index in [1.54, 1.807) is 0 Å². The van der Waals surface area contributed by atoms with Crippen LogP contribution in [0.3, 0.4) is 0 Å². The molecule has 5 rings (SSSR count). The Hall–Kier alpha value is -2.69. The largest absolute Gasteiger partial charge is 0.465 e. The van der Waals surface area contributed by atoms with E-state index in [0.29, 0.717) is 19.4 Å². The molecule has 0 N–H and O–H groups in total. The van der Waals surface area contributed by atoms with E-state index in [9.17, 15) is 10.0 Å². The highest BCUT2D eigenvalue weighted by Gasteiger charge is 2.48. The molecule has 4 aromatic carbocycles. The van der Waals surface area contributed by atoms with Crippen LogP contribution in [-0.4, -0.2) is 28.7 Å². The zero-order valence-electron chi connectivity index (χ0n) is 20.7. The Kier molecular flexibility index (Phi) is 5.78. The van der Waals surface area contributed by atoms with Crippen molar-refractivity contribution in [2.75, 3.05) is 6.61 Å². The molecular formula is C30H34NO3. The molecule has 177 valence electrons. The molecule has 4 nitrogen and oxygen atoms in total. The lowest BCUT2D eigenvalue weighted by Crippen LogP contribution is -2.59. The Morgan fingerprint density at radius 3 is 2.12 bits per heavy atom. The summed E-state index contributed by atoms with van der Waals surface area (Å²) in [7, 11) is 0. The van der Waals surface area contributed by atoms with E-state index in [4.69, 9.17) is 4.74 Å². The predicted molar refractivity (Wildman–Crippen MR) is 137 cm³/mol. The zero-order valence-corrected chi connectivity index (χ0v) is 20.7. The lowest BCUT2D eigenvalue weighted by molar-refractivity contribution is -0.293. The quantitative estimate of drug-likeness (QED) is 0.177. The lowest BCUT2D eigenvalue weighted by Gasteiger charge is -2.49. The molecule has 4 heteroatoms. The lowest BCUT2D eigenvalue weighted by atomic mass is 9.75. The van der Waals surface area contributed by atoms with Gasteiger partial charge in [-0.1, -0.05) is 54.6 Å². The second-order valence-electron chi connectivity index (χ2n) is 11.2. The number of carbonyl (C=O) groups excluding carboxylic acids is 1. The number of nitrogens with zero attached hydrogens (tertiary/aromatic N) is 1. The SMILES string of the molecule is CC1(C)CC(C(=O)OCCCCc2ccc3ccc4cccc5ccc2c3c45)CC(C)(C)N1[O]. The van der Waals surface area contributed by atoms with Crippen molar-refractivity contribution in [1.29, 1.82) is 0 Å². The molecule has 4 aromatic rings. The van der Waals surface area contributed by atoms with Crippen LogP contribution in [0.4, 0.5) is 0 Å². The van der Waals surface area contributed by atoms with Crippen LogP contribution >= 0.6 is 0 Å². The van der Waals surface area contributed by atoms with Gasteiger partial charge in [-0.3, -0.25) is 4.79 Å². The summed E-state index contributed by atoms with van der Waals surface area (Å²) in [5, 5.41) is 21.6. The van der Waals surface area contributed by atoms with Gasteiger partial charge in [-0.15, -0.1) is 10.3 Å². The summed E-state index contributed by atoms with van der Waals surface area (Å²) < 4.78 is 5.66. The number of ether oxygens (including phenoxy) is 1. The number of piperidine rings is 1. The molecule has 0 saturated carbocycles. The predicted octanol–water partition coefficient (Wildman–Crippen LogP) is 7.06. The number of hydrogen-bond donors (Lipinski definition) is 0. The van der Waals surface area contributed by atoms with E-state index in [1.165, 1.54) is 37.9 Å². The van der Waals surface area contributed by atoms with Crippen molar-refractivity contribution >= 4 is 38.3 Å². The molecule has 0 unspecified atom stereocenters. The molecule has 34 heavy (non-hydrogen) atoms. The fraction of sp³-hybridized carbons (Fsp3) is 0.433. The molecule has 1 aliphatic heterocycles. The first kappa shape index (κ1) is 23.1. The summed E-state index contributed by atoms with van der Waals surface area (Å²) in [6.45, 7) is 8.09. The Morgan fingerprint density at radius 1 is 0.853 bits per heavy atom. The molecule has 0 atom stereocenters. The zero-order chi connectivity index (χ0) is 24.1. The monoisotopic (exact) mass is 456 g/mol. The van der Waals surface area contributed by atoms with Gasteiger partial charge in [-0.2, -0.15) is 0 Å². The van der Waals surface area contributed by atoms with Gasteiger partial charge in [0.25, 0.3) is 0 Å². The van der Waals surface area contributed by atoms with Crippen molar-refractivity contribution < 1.29 is 14.7 Å². The summed E-state index contributed by atoms with van der Waals surface area (Å²) in [6.07, 6.45) is 3.84. The molecule has 0 aliphatic carbocycles. The van der Waals surface area contributed by atoms with Gasteiger partial charge in [0.2, 0.25) is 0 Å². The van der Waals surface area contributed by atoms with Crippen LogP contribution in [0, 0.1) is 5.92 Å². The van der Waals surface area contributed by atoms with Crippen molar-refractivity contribution in [3.8, 4) is 0 Å². The topological polar surface area (TPSA) is 49.4 Å². The highest BCUT2D eigenvalue weighted by atomic mass is 16.5. The maximum Gasteiger partial charge on any atom is 0.309 e. The molecule has 1 radical (unpaired) electrons. The number of rotatable bonds is 6. The van der Waals surface area contributed by atoms with Gasteiger partial charge >= 0.3 is 5.97 Å². The van der Waals surface area contributed by atoms with Gasteiger partial charge in [0.05, 0.1) is 12.5 Å². The number of aryl methyl sites for hydroxylation is 1. The highest BCUT2D eigenvalue weighted by molar-refractivity contribution is 6.23. The molecule has 1 heterocycles. The third-order valence-corrected chi connectivity index (χ3v) is 7.63. The number of carbonyl (C=O) groups is 1.